The van der Waals surface area contributed by atoms with Gasteiger partial charge in [0, 0.05) is 38.6 Å². The number of allylic oxidation sites excluding steroid dienone is 2. The molecule has 1 radical (unpaired) electrons. The number of aliphatic hydroxyl groups is 1. The van der Waals surface area contributed by atoms with Crippen molar-refractivity contribution in [2.45, 2.75) is 91.4 Å². The van der Waals surface area contributed by atoms with Crippen LogP contribution >= 0.6 is 0 Å². The van der Waals surface area contributed by atoms with Crippen molar-refractivity contribution in [2.24, 2.45) is 0 Å². The van der Waals surface area contributed by atoms with Gasteiger partial charge in [-0.05, 0) is 38.7 Å². The van der Waals surface area contributed by atoms with E-state index < -0.39 is 0 Å². The zero-order valence-corrected chi connectivity index (χ0v) is 24.3. The first-order valence-corrected chi connectivity index (χ1v) is 13.1. The number of ketones is 1. The van der Waals surface area contributed by atoms with Gasteiger partial charge in [-0.15, -0.1) is 17.7 Å². The third-order valence-corrected chi connectivity index (χ3v) is 6.46. The van der Waals surface area contributed by atoms with Crippen LogP contribution in [0.25, 0.3) is 22.2 Å². The molecule has 1 aliphatic carbocycles. The van der Waals surface area contributed by atoms with E-state index in [0.29, 0.717) is 0 Å². The Balaban J connectivity index is 0.000000503. The Labute approximate surface area is 230 Å². The van der Waals surface area contributed by atoms with Crippen LogP contribution in [0.15, 0.2) is 48.5 Å². The van der Waals surface area contributed by atoms with E-state index in [2.05, 4.69) is 47.2 Å². The second-order valence-electron chi connectivity index (χ2n) is 9.56. The average Bonchev–Trinajstić information content (AvgIpc) is 3.26. The molecule has 1 aliphatic rings. The smallest absolute Gasteiger partial charge is 0.155 e. The maximum absolute atomic E-state index is 10.0. The minimum atomic E-state index is -0.125. The van der Waals surface area contributed by atoms with Crippen LogP contribution < -0.4 is 0 Å². The third-order valence-electron chi connectivity index (χ3n) is 6.46. The summed E-state index contributed by atoms with van der Waals surface area (Å²) in [5.41, 5.74) is 5.16. The second-order valence-corrected chi connectivity index (χ2v) is 9.56. The van der Waals surface area contributed by atoms with Gasteiger partial charge in [0.2, 0.25) is 0 Å². The van der Waals surface area contributed by atoms with E-state index in [0.717, 1.165) is 30.7 Å². The van der Waals surface area contributed by atoms with Crippen LogP contribution in [-0.2, 0) is 44.2 Å². The van der Waals surface area contributed by atoms with Crippen LogP contribution in [0.2, 0.25) is 0 Å². The van der Waals surface area contributed by atoms with E-state index in [9.17, 15) is 4.79 Å². The molecule has 4 rings (SSSR count). The number of carbonyl (C=O) groups is 1. The zero-order chi connectivity index (χ0) is 25.0. The van der Waals surface area contributed by atoms with Crippen LogP contribution in [0.5, 0.6) is 0 Å². The summed E-state index contributed by atoms with van der Waals surface area (Å²) in [6, 6.07) is 12.2. The number of aromatic nitrogens is 2. The number of aryl methyl sites for hydroxylation is 3. The molecule has 0 saturated carbocycles. The Morgan fingerprint density at radius 1 is 0.972 bits per heavy atom. The van der Waals surface area contributed by atoms with Gasteiger partial charge >= 0.3 is 0 Å². The van der Waals surface area contributed by atoms with Crippen LogP contribution in [0.3, 0.4) is 0 Å². The first-order chi connectivity index (χ1) is 17.0. The number of unbranched alkanes of at least 4 members (excludes halogenated alkanes) is 7. The van der Waals surface area contributed by atoms with Gasteiger partial charge in [-0.25, -0.2) is 0 Å². The van der Waals surface area contributed by atoms with Crippen LogP contribution in [-0.4, -0.2) is 20.9 Å². The molecule has 0 aliphatic heterocycles. The Hall–Kier alpha value is -2.36. The van der Waals surface area contributed by atoms with Crippen molar-refractivity contribution in [1.29, 1.82) is 0 Å². The molecule has 0 spiro atoms. The van der Waals surface area contributed by atoms with Crippen LogP contribution in [0.1, 0.15) is 88.8 Å². The molecule has 195 valence electrons. The van der Waals surface area contributed by atoms with Crippen molar-refractivity contribution in [1.82, 2.24) is 9.97 Å². The average molecular weight is 664 g/mol. The van der Waals surface area contributed by atoms with Crippen LogP contribution in [0, 0.1) is 6.07 Å². The first-order valence-electron chi connectivity index (χ1n) is 13.1. The minimum absolute atomic E-state index is 0. The summed E-state index contributed by atoms with van der Waals surface area (Å²) in [4.78, 5) is 19.4. The molecule has 1 heterocycles. The maximum atomic E-state index is 10.0. The summed E-state index contributed by atoms with van der Waals surface area (Å²) in [5.74, 6) is 0.739. The summed E-state index contributed by atoms with van der Waals surface area (Å²) < 4.78 is 0. The number of rotatable bonds is 11. The Morgan fingerprint density at radius 2 is 1.61 bits per heavy atom. The van der Waals surface area contributed by atoms with Crippen molar-refractivity contribution in [3.8, 4) is 11.4 Å². The molecular weight excluding hydrogens is 625 g/mol. The van der Waals surface area contributed by atoms with E-state index in [1.165, 1.54) is 98.8 Å². The van der Waals surface area contributed by atoms with Gasteiger partial charge in [-0.3, -0.25) is 14.8 Å². The van der Waals surface area contributed by atoms with Crippen molar-refractivity contribution < 1.29 is 30.0 Å². The summed E-state index contributed by atoms with van der Waals surface area (Å²) in [6.45, 7) is 5.12. The number of carbonyl (C=O) groups excluding carboxylic acids is 1. The van der Waals surface area contributed by atoms with Gasteiger partial charge in [0.15, 0.2) is 5.78 Å². The van der Waals surface area contributed by atoms with Crippen molar-refractivity contribution in [2.75, 3.05) is 0 Å². The van der Waals surface area contributed by atoms with Gasteiger partial charge in [-0.2, -0.15) is 0 Å². The summed E-state index contributed by atoms with van der Waals surface area (Å²) >= 11 is 0. The third kappa shape index (κ3) is 8.94. The van der Waals surface area contributed by atoms with Crippen molar-refractivity contribution in [3.63, 3.8) is 0 Å². The standard InChI is InChI=1S/C26H31N2.C5H8O2.Ir/c1-2-3-4-5-6-7-8-9-11-20-18-27-26(28-19-20)24-17-16-22-15-14-21-12-10-13-23(24)25(21)22;1-4(6)3-5(2)7;/h10,12-13,16,18-19H,2-9,11,14-15H2,1H3;3,6H,1-2H3;/q-1;;. The van der Waals surface area contributed by atoms with E-state index in [1.54, 1.807) is 0 Å². The SMILES string of the molecule is CC(=O)C=C(C)O.CCCCCCCCCCc1cnc(-c2[c-]cc3c4c(cccc24)CC3)nc1.[Ir]. The van der Waals surface area contributed by atoms with E-state index in [4.69, 9.17) is 5.11 Å². The van der Waals surface area contributed by atoms with Gasteiger partial charge in [0.1, 0.15) is 0 Å². The van der Waals surface area contributed by atoms with Gasteiger partial charge < -0.3 is 5.11 Å². The number of nitrogens with zero attached hydrogens (tertiary/aromatic N) is 2. The van der Waals surface area contributed by atoms with Gasteiger partial charge in [-0.1, -0.05) is 98.4 Å². The number of hydrogen-bond donors (Lipinski definition) is 1. The largest absolute Gasteiger partial charge is 0.512 e. The summed E-state index contributed by atoms with van der Waals surface area (Å²) in [5, 5.41) is 11.0. The van der Waals surface area contributed by atoms with Crippen molar-refractivity contribution >= 4 is 16.6 Å². The fourth-order valence-electron chi connectivity index (χ4n) is 4.73. The monoisotopic (exact) mass is 664 g/mol. The predicted molar refractivity (Wildman–Crippen MR) is 145 cm³/mol. The topological polar surface area (TPSA) is 63.1 Å². The molecule has 36 heavy (non-hydrogen) atoms. The zero-order valence-electron chi connectivity index (χ0n) is 21.9. The van der Waals surface area contributed by atoms with E-state index in [-0.39, 0.29) is 31.6 Å². The molecule has 0 fully saturated rings. The minimum Gasteiger partial charge on any atom is -0.512 e. The van der Waals surface area contributed by atoms with Gasteiger partial charge in [0.05, 0.1) is 11.6 Å². The molecule has 5 heteroatoms. The number of benzene rings is 2. The Morgan fingerprint density at radius 3 is 2.22 bits per heavy atom. The molecule has 2 aromatic carbocycles. The Bertz CT molecular complexity index is 1130. The molecule has 0 saturated heterocycles. The molecular formula is C31H39IrN2O2-. The summed E-state index contributed by atoms with van der Waals surface area (Å²) in [7, 11) is 0. The molecule has 0 unspecified atom stereocenters. The van der Waals surface area contributed by atoms with E-state index in [1.807, 2.05) is 12.4 Å². The quantitative estimate of drug-likeness (QED) is 0.0981. The predicted octanol–water partition coefficient (Wildman–Crippen LogP) is 7.91. The normalized spacial score (nSPS) is 12.1. The molecule has 1 N–H and O–H groups in total. The van der Waals surface area contributed by atoms with Gasteiger partial charge in [0.25, 0.3) is 0 Å². The van der Waals surface area contributed by atoms with E-state index >= 15 is 0 Å². The molecule has 1 aromatic heterocycles. The number of hydrogen-bond acceptors (Lipinski definition) is 4. The molecule has 3 aromatic rings. The molecule has 0 atom stereocenters. The molecule has 4 nitrogen and oxygen atoms in total. The Kier molecular flexibility index (Phi) is 13.0. The van der Waals surface area contributed by atoms with Crippen molar-refractivity contribution in [3.05, 3.63) is 71.3 Å². The van der Waals surface area contributed by atoms with Crippen LogP contribution in [0.4, 0.5) is 0 Å². The molecule has 0 amide bonds. The fraction of sp³-hybridized carbons (Fsp3) is 0.452. The summed E-state index contributed by atoms with van der Waals surface area (Å²) in [6.07, 6.45) is 19.4. The second kappa shape index (κ2) is 15.7. The number of aliphatic hydroxyl groups excluding tert-OH is 1. The molecule has 0 bridgehead atoms. The first kappa shape index (κ1) is 29.9. The fourth-order valence-corrected chi connectivity index (χ4v) is 4.73. The maximum Gasteiger partial charge on any atom is 0.155 e.